The van der Waals surface area contributed by atoms with Gasteiger partial charge in [-0.3, -0.25) is 20.8 Å². The molecule has 1 atom stereocenters. The van der Waals surface area contributed by atoms with E-state index in [-0.39, 0.29) is 24.4 Å². The van der Waals surface area contributed by atoms with Gasteiger partial charge >= 0.3 is 5.82 Å². The van der Waals surface area contributed by atoms with Gasteiger partial charge in [0.25, 0.3) is 0 Å². The number of aliphatic hydroxyl groups is 1. The summed E-state index contributed by atoms with van der Waals surface area (Å²) in [5.74, 6) is -0.757. The highest BCUT2D eigenvalue weighted by molar-refractivity contribution is 5.01. The summed E-state index contributed by atoms with van der Waals surface area (Å²) in [5.41, 5.74) is 0. The third-order valence-electron chi connectivity index (χ3n) is 2.42. The molecule has 1 rings (SSSR count). The van der Waals surface area contributed by atoms with E-state index >= 15 is 0 Å². The van der Waals surface area contributed by atoms with Crippen molar-refractivity contribution in [2.24, 2.45) is 0 Å². The lowest BCUT2D eigenvalue weighted by molar-refractivity contribution is -0.527. The highest BCUT2D eigenvalue weighted by Gasteiger charge is 2.17. The molecular weight excluding hydrogens is 296 g/mol. The van der Waals surface area contributed by atoms with Crippen molar-refractivity contribution in [1.29, 1.82) is 0 Å². The average Bonchev–Trinajstić information content (AvgIpc) is 2.75. The lowest BCUT2D eigenvalue weighted by Gasteiger charge is -2.18. The number of aryl methyl sites for hydroxylation is 1. The molecule has 122 valence electrons. The van der Waals surface area contributed by atoms with Crippen LogP contribution in [0.4, 0.5) is 0 Å². The number of aliphatic hydroxyl groups excluding tert-OH is 1. The highest BCUT2D eigenvalue weighted by Crippen LogP contribution is 2.13. The van der Waals surface area contributed by atoms with Crippen LogP contribution in [0.25, 0.3) is 0 Å². The van der Waals surface area contributed by atoms with Crippen molar-refractivity contribution in [2.45, 2.75) is 32.0 Å². The van der Waals surface area contributed by atoms with Gasteiger partial charge < -0.3 is 13.9 Å². The number of rotatable bonds is 10. The van der Waals surface area contributed by atoms with Crippen LogP contribution in [0.2, 0.25) is 0 Å². The van der Waals surface area contributed by atoms with E-state index in [1.54, 1.807) is 0 Å². The fourth-order valence-corrected chi connectivity index (χ4v) is 1.59. The Hall–Kier alpha value is -1.35. The molecule has 0 unspecified atom stereocenters. The molecule has 12 nitrogen and oxygen atoms in total. The summed E-state index contributed by atoms with van der Waals surface area (Å²) in [4.78, 5) is 19.7. The van der Waals surface area contributed by atoms with Crippen LogP contribution in [-0.4, -0.2) is 49.4 Å². The van der Waals surface area contributed by atoms with Crippen LogP contribution in [0.5, 0.6) is 0 Å². The SMILES string of the molecule is O=c1oc(CO)c(CCC[C@H](CON(O)O)ON(O)O)o1. The maximum Gasteiger partial charge on any atom is 0.519 e. The normalized spacial score (nSPS) is 13.3. The minimum Gasteiger partial charge on any atom is -0.396 e. The van der Waals surface area contributed by atoms with Gasteiger partial charge in [0.1, 0.15) is 19.3 Å². The maximum absolute atomic E-state index is 10.9. The molecule has 0 aliphatic carbocycles. The van der Waals surface area contributed by atoms with Crippen LogP contribution in [0.3, 0.4) is 0 Å². The Balaban J connectivity index is 2.46. The zero-order chi connectivity index (χ0) is 15.8. The van der Waals surface area contributed by atoms with Crippen LogP contribution in [0.15, 0.2) is 13.6 Å². The van der Waals surface area contributed by atoms with Crippen LogP contribution in [-0.2, 0) is 22.7 Å². The molecule has 0 aliphatic rings. The highest BCUT2D eigenvalue weighted by atomic mass is 17.1. The summed E-state index contributed by atoms with van der Waals surface area (Å²) in [6.07, 6.45) is -0.224. The van der Waals surface area contributed by atoms with E-state index in [0.29, 0.717) is 6.42 Å². The van der Waals surface area contributed by atoms with E-state index in [1.165, 1.54) is 0 Å². The van der Waals surface area contributed by atoms with Crippen LogP contribution < -0.4 is 5.82 Å². The van der Waals surface area contributed by atoms with Crippen LogP contribution in [0, 0.1) is 0 Å². The first-order valence-corrected chi connectivity index (χ1v) is 5.80. The molecule has 0 saturated heterocycles. The Kier molecular flexibility index (Phi) is 7.44. The Labute approximate surface area is 117 Å². The minimum absolute atomic E-state index is 0.0107. The van der Waals surface area contributed by atoms with E-state index in [9.17, 15) is 4.79 Å². The van der Waals surface area contributed by atoms with Crippen LogP contribution >= 0.6 is 0 Å². The summed E-state index contributed by atoms with van der Waals surface area (Å²) >= 11 is 0. The quantitative estimate of drug-likeness (QED) is 0.349. The number of nitrogens with zero attached hydrogens (tertiary/aromatic N) is 2. The van der Waals surface area contributed by atoms with Gasteiger partial charge in [0, 0.05) is 6.42 Å². The Morgan fingerprint density at radius 3 is 2.33 bits per heavy atom. The molecule has 1 heterocycles. The molecule has 0 aliphatic heterocycles. The first kappa shape index (κ1) is 17.7. The van der Waals surface area contributed by atoms with E-state index in [2.05, 4.69) is 14.1 Å². The average molecular weight is 312 g/mol. The molecule has 0 fully saturated rings. The molecule has 21 heavy (non-hydrogen) atoms. The third kappa shape index (κ3) is 6.76. The van der Waals surface area contributed by atoms with Crippen molar-refractivity contribution >= 4 is 0 Å². The Bertz CT molecular complexity index is 456. The lowest BCUT2D eigenvalue weighted by atomic mass is 10.1. The molecule has 0 aromatic carbocycles. The van der Waals surface area contributed by atoms with E-state index in [0.717, 1.165) is 0 Å². The molecule has 0 saturated carbocycles. The maximum atomic E-state index is 10.9. The third-order valence-corrected chi connectivity index (χ3v) is 2.42. The molecule has 5 N–H and O–H groups in total. The number of hydrogen-bond donors (Lipinski definition) is 5. The van der Waals surface area contributed by atoms with E-state index in [4.69, 9.17) is 30.4 Å². The van der Waals surface area contributed by atoms with Crippen LogP contribution in [0.1, 0.15) is 24.4 Å². The summed E-state index contributed by atoms with van der Waals surface area (Å²) in [5, 5.41) is 41.7. The molecule has 0 spiro atoms. The van der Waals surface area contributed by atoms with Gasteiger partial charge in [-0.1, -0.05) is 0 Å². The molecule has 12 heteroatoms. The first-order chi connectivity index (χ1) is 9.92. The van der Waals surface area contributed by atoms with Crippen molar-refractivity contribution in [2.75, 3.05) is 6.61 Å². The number of hydrogen-bond acceptors (Lipinski definition) is 12. The standard InChI is InChI=1S/C9H16N2O10/c12-4-8-7(19-9(13)20-8)3-1-2-6(21-11(16)17)5-18-10(14)15/h6,12,14-17H,1-5H2/t6-/m1/s1. The molecule has 1 aromatic rings. The molecule has 0 amide bonds. The largest absolute Gasteiger partial charge is 0.519 e. The second-order valence-corrected chi connectivity index (χ2v) is 3.88. The fourth-order valence-electron chi connectivity index (χ4n) is 1.59. The zero-order valence-electron chi connectivity index (χ0n) is 10.8. The van der Waals surface area contributed by atoms with Gasteiger partial charge in [-0.25, -0.2) is 14.5 Å². The summed E-state index contributed by atoms with van der Waals surface area (Å²) in [7, 11) is 0. The summed E-state index contributed by atoms with van der Waals surface area (Å²) in [6, 6.07) is 0. The zero-order valence-corrected chi connectivity index (χ0v) is 10.8. The molecule has 0 bridgehead atoms. The molecule has 0 radical (unpaired) electrons. The van der Waals surface area contributed by atoms with Crippen molar-refractivity contribution in [3.8, 4) is 0 Å². The second kappa shape index (κ2) is 8.83. The Morgan fingerprint density at radius 1 is 1.10 bits per heavy atom. The lowest BCUT2D eigenvalue weighted by Crippen LogP contribution is -2.31. The van der Waals surface area contributed by atoms with Crippen molar-refractivity contribution in [3.05, 3.63) is 22.1 Å². The molecular formula is C9H16N2O10. The summed E-state index contributed by atoms with van der Waals surface area (Å²) < 4.78 is 9.29. The van der Waals surface area contributed by atoms with Crippen molar-refractivity contribution in [3.63, 3.8) is 0 Å². The smallest absolute Gasteiger partial charge is 0.396 e. The van der Waals surface area contributed by atoms with Gasteiger partial charge in [0.2, 0.25) is 0 Å². The van der Waals surface area contributed by atoms with Gasteiger partial charge in [-0.2, -0.15) is 0 Å². The van der Waals surface area contributed by atoms with E-state index in [1.807, 2.05) is 0 Å². The fraction of sp³-hybridized carbons (Fsp3) is 0.667. The monoisotopic (exact) mass is 312 g/mol. The van der Waals surface area contributed by atoms with Gasteiger partial charge in [0.15, 0.2) is 11.5 Å². The van der Waals surface area contributed by atoms with Crippen molar-refractivity contribution < 1.29 is 44.4 Å². The second-order valence-electron chi connectivity index (χ2n) is 3.88. The van der Waals surface area contributed by atoms with Gasteiger partial charge in [-0.05, 0) is 12.8 Å². The predicted octanol–water partition coefficient (Wildman–Crippen LogP) is -0.560. The van der Waals surface area contributed by atoms with Crippen molar-refractivity contribution in [1.82, 2.24) is 10.8 Å². The minimum atomic E-state index is -0.932. The topological polar surface area (TPSA) is 169 Å². The molecule has 1 aromatic heterocycles. The first-order valence-electron chi connectivity index (χ1n) is 5.80. The van der Waals surface area contributed by atoms with Gasteiger partial charge in [0.05, 0.1) is 10.8 Å². The summed E-state index contributed by atoms with van der Waals surface area (Å²) in [6.45, 7) is -0.887. The predicted molar refractivity (Wildman–Crippen MR) is 57.8 cm³/mol. The Morgan fingerprint density at radius 2 is 1.76 bits per heavy atom. The van der Waals surface area contributed by atoms with E-state index < -0.39 is 35.9 Å². The van der Waals surface area contributed by atoms with Gasteiger partial charge in [-0.15, -0.1) is 0 Å².